The largest absolute Gasteiger partial charge is 0.382 e. The Hall–Kier alpha value is -1.51. The minimum atomic E-state index is 0.652. The minimum absolute atomic E-state index is 0.652. The van der Waals surface area contributed by atoms with Crippen LogP contribution in [0.2, 0.25) is 0 Å². The average Bonchev–Trinajstić information content (AvgIpc) is 2.61. The molecule has 1 aliphatic carbocycles. The Balaban J connectivity index is 1.68. The predicted octanol–water partition coefficient (Wildman–Crippen LogP) is 3.72. The number of rotatable bonds is 3. The van der Waals surface area contributed by atoms with E-state index in [1.54, 1.807) is 0 Å². The Morgan fingerprint density at radius 2 is 2.11 bits per heavy atom. The highest BCUT2D eigenvalue weighted by atomic mass is 15.0. The van der Waals surface area contributed by atoms with Crippen molar-refractivity contribution in [2.45, 2.75) is 39.7 Å². The molecule has 1 aromatic heterocycles. The number of hydrogen-bond acceptors (Lipinski definition) is 2. The molecule has 2 N–H and O–H groups in total. The van der Waals surface area contributed by atoms with Crippen LogP contribution >= 0.6 is 0 Å². The summed E-state index contributed by atoms with van der Waals surface area (Å²) in [6, 6.07) is 7.03. The number of fused-ring (bicyclic) bond motifs is 1. The van der Waals surface area contributed by atoms with Crippen molar-refractivity contribution in [3.05, 3.63) is 24.0 Å². The van der Waals surface area contributed by atoms with Crippen molar-refractivity contribution in [1.29, 1.82) is 0 Å². The zero-order valence-corrected chi connectivity index (χ0v) is 11.3. The molecule has 1 fully saturated rings. The molecule has 18 heavy (non-hydrogen) atoms. The molecular weight excluding hydrogens is 222 g/mol. The molecule has 0 amide bonds. The summed E-state index contributed by atoms with van der Waals surface area (Å²) in [5.41, 5.74) is 3.38. The highest BCUT2D eigenvalue weighted by molar-refractivity contribution is 5.79. The Morgan fingerprint density at radius 1 is 1.33 bits per heavy atom. The normalized spacial score (nSPS) is 23.3. The molecule has 0 aliphatic heterocycles. The summed E-state index contributed by atoms with van der Waals surface area (Å²) in [7, 11) is 0. The van der Waals surface area contributed by atoms with Gasteiger partial charge in [-0.3, -0.25) is 0 Å². The molecule has 2 aromatic rings. The standard InChI is InChI=1S/C15H21N3/c1-9(2)11-6-13(7-11)18-12-4-5-14-15(8-12)17-10(3)16-14/h4-5,8-9,11,13,18H,6-7H2,1-3H3,(H,16,17). The minimum Gasteiger partial charge on any atom is -0.382 e. The summed E-state index contributed by atoms with van der Waals surface area (Å²) in [4.78, 5) is 7.70. The number of aromatic nitrogens is 2. The SMILES string of the molecule is Cc1nc2ccc(NC3CC(C(C)C)C3)cc2[nH]1. The quantitative estimate of drug-likeness (QED) is 0.862. The number of imidazole rings is 1. The van der Waals surface area contributed by atoms with Gasteiger partial charge in [0.15, 0.2) is 0 Å². The summed E-state index contributed by atoms with van der Waals surface area (Å²) in [5.74, 6) is 2.70. The number of H-pyrrole nitrogens is 1. The van der Waals surface area contributed by atoms with Crippen LogP contribution in [-0.4, -0.2) is 16.0 Å². The van der Waals surface area contributed by atoms with Crippen molar-refractivity contribution in [3.8, 4) is 0 Å². The van der Waals surface area contributed by atoms with Crippen LogP contribution in [0.25, 0.3) is 11.0 Å². The van der Waals surface area contributed by atoms with E-state index in [0.29, 0.717) is 6.04 Å². The molecular formula is C15H21N3. The lowest BCUT2D eigenvalue weighted by atomic mass is 9.73. The van der Waals surface area contributed by atoms with Crippen molar-refractivity contribution >= 4 is 16.7 Å². The number of nitrogens with one attached hydrogen (secondary N) is 2. The monoisotopic (exact) mass is 243 g/mol. The van der Waals surface area contributed by atoms with Crippen molar-refractivity contribution in [1.82, 2.24) is 9.97 Å². The molecule has 0 bridgehead atoms. The molecule has 0 saturated heterocycles. The van der Waals surface area contributed by atoms with Crippen LogP contribution in [0.5, 0.6) is 0 Å². The van der Waals surface area contributed by atoms with E-state index in [4.69, 9.17) is 0 Å². The second-order valence-electron chi connectivity index (χ2n) is 5.87. The maximum Gasteiger partial charge on any atom is 0.104 e. The highest BCUT2D eigenvalue weighted by Crippen LogP contribution is 2.35. The van der Waals surface area contributed by atoms with E-state index in [-0.39, 0.29) is 0 Å². The number of hydrogen-bond donors (Lipinski definition) is 2. The molecule has 3 heteroatoms. The summed E-state index contributed by atoms with van der Waals surface area (Å²) < 4.78 is 0. The van der Waals surface area contributed by atoms with Gasteiger partial charge in [-0.05, 0) is 49.8 Å². The van der Waals surface area contributed by atoms with E-state index in [2.05, 4.69) is 47.3 Å². The van der Waals surface area contributed by atoms with E-state index in [1.165, 1.54) is 18.5 Å². The second-order valence-corrected chi connectivity index (χ2v) is 5.87. The van der Waals surface area contributed by atoms with Crippen molar-refractivity contribution in [2.75, 3.05) is 5.32 Å². The van der Waals surface area contributed by atoms with Gasteiger partial charge < -0.3 is 10.3 Å². The van der Waals surface area contributed by atoms with Crippen molar-refractivity contribution in [3.63, 3.8) is 0 Å². The Morgan fingerprint density at radius 3 is 2.83 bits per heavy atom. The van der Waals surface area contributed by atoms with Gasteiger partial charge in [0.2, 0.25) is 0 Å². The van der Waals surface area contributed by atoms with E-state index in [0.717, 1.165) is 28.7 Å². The van der Waals surface area contributed by atoms with Crippen LogP contribution in [0, 0.1) is 18.8 Å². The molecule has 0 atom stereocenters. The lowest BCUT2D eigenvalue weighted by molar-refractivity contribution is 0.212. The fourth-order valence-electron chi connectivity index (χ4n) is 2.79. The fraction of sp³-hybridized carbons (Fsp3) is 0.533. The van der Waals surface area contributed by atoms with Crippen LogP contribution < -0.4 is 5.32 Å². The van der Waals surface area contributed by atoms with E-state index >= 15 is 0 Å². The molecule has 1 aromatic carbocycles. The summed E-state index contributed by atoms with van der Waals surface area (Å²) in [6.45, 7) is 6.63. The van der Waals surface area contributed by atoms with Crippen LogP contribution in [0.15, 0.2) is 18.2 Å². The van der Waals surface area contributed by atoms with Crippen LogP contribution in [0.1, 0.15) is 32.5 Å². The lowest BCUT2D eigenvalue weighted by Gasteiger charge is -2.39. The molecule has 1 aliphatic rings. The molecule has 3 nitrogen and oxygen atoms in total. The number of anilines is 1. The summed E-state index contributed by atoms with van der Waals surface area (Å²) >= 11 is 0. The molecule has 0 spiro atoms. The van der Waals surface area contributed by atoms with Gasteiger partial charge in [0.25, 0.3) is 0 Å². The smallest absolute Gasteiger partial charge is 0.104 e. The van der Waals surface area contributed by atoms with Gasteiger partial charge in [-0.15, -0.1) is 0 Å². The van der Waals surface area contributed by atoms with Crippen LogP contribution in [0.3, 0.4) is 0 Å². The van der Waals surface area contributed by atoms with Crippen molar-refractivity contribution < 1.29 is 0 Å². The Labute approximate surface area is 108 Å². The average molecular weight is 243 g/mol. The van der Waals surface area contributed by atoms with Gasteiger partial charge >= 0.3 is 0 Å². The third kappa shape index (κ3) is 2.09. The van der Waals surface area contributed by atoms with Crippen LogP contribution in [-0.2, 0) is 0 Å². The predicted molar refractivity (Wildman–Crippen MR) is 75.8 cm³/mol. The maximum atomic E-state index is 4.42. The van der Waals surface area contributed by atoms with Gasteiger partial charge in [0.05, 0.1) is 11.0 Å². The number of nitrogens with zero attached hydrogens (tertiary/aromatic N) is 1. The van der Waals surface area contributed by atoms with Gasteiger partial charge in [0.1, 0.15) is 5.82 Å². The van der Waals surface area contributed by atoms with E-state index in [9.17, 15) is 0 Å². The van der Waals surface area contributed by atoms with Gasteiger partial charge in [-0.1, -0.05) is 13.8 Å². The zero-order valence-electron chi connectivity index (χ0n) is 11.3. The number of aryl methyl sites for hydroxylation is 1. The van der Waals surface area contributed by atoms with Gasteiger partial charge in [0, 0.05) is 11.7 Å². The lowest BCUT2D eigenvalue weighted by Crippen LogP contribution is -2.37. The topological polar surface area (TPSA) is 40.7 Å². The Bertz CT molecular complexity index is 550. The highest BCUT2D eigenvalue weighted by Gasteiger charge is 2.30. The molecule has 96 valence electrons. The first-order valence-electron chi connectivity index (χ1n) is 6.84. The molecule has 1 saturated carbocycles. The number of benzene rings is 1. The fourth-order valence-corrected chi connectivity index (χ4v) is 2.79. The second kappa shape index (κ2) is 4.30. The van der Waals surface area contributed by atoms with E-state index in [1.807, 2.05) is 6.92 Å². The van der Waals surface area contributed by atoms with Gasteiger partial charge in [-0.2, -0.15) is 0 Å². The first-order chi connectivity index (χ1) is 8.61. The third-order valence-corrected chi connectivity index (χ3v) is 4.09. The third-order valence-electron chi connectivity index (χ3n) is 4.09. The summed E-state index contributed by atoms with van der Waals surface area (Å²) in [6.07, 6.45) is 2.61. The van der Waals surface area contributed by atoms with E-state index < -0.39 is 0 Å². The molecule has 3 rings (SSSR count). The first kappa shape index (κ1) is 11.6. The number of aromatic amines is 1. The molecule has 0 radical (unpaired) electrons. The molecule has 0 unspecified atom stereocenters. The zero-order chi connectivity index (χ0) is 12.7. The van der Waals surface area contributed by atoms with Gasteiger partial charge in [-0.25, -0.2) is 4.98 Å². The summed E-state index contributed by atoms with van der Waals surface area (Å²) in [5, 5.41) is 3.62. The first-order valence-corrected chi connectivity index (χ1v) is 6.84. The van der Waals surface area contributed by atoms with Crippen LogP contribution in [0.4, 0.5) is 5.69 Å². The van der Waals surface area contributed by atoms with Crippen molar-refractivity contribution in [2.24, 2.45) is 11.8 Å². The Kier molecular flexibility index (Phi) is 2.77. The maximum absolute atomic E-state index is 4.42. The molecule has 1 heterocycles.